The first-order valence-corrected chi connectivity index (χ1v) is 9.18. The van der Waals surface area contributed by atoms with E-state index in [1.807, 2.05) is 5.38 Å². The van der Waals surface area contributed by atoms with Gasteiger partial charge in [-0.2, -0.15) is 4.31 Å². The van der Waals surface area contributed by atoms with Crippen molar-refractivity contribution in [1.82, 2.24) is 4.31 Å². The Hall–Kier alpha value is -1.77. The fraction of sp³-hybridized carbons (Fsp3) is 0.267. The zero-order chi connectivity index (χ0) is 16.6. The van der Waals surface area contributed by atoms with Crippen LogP contribution in [-0.4, -0.2) is 32.3 Å². The van der Waals surface area contributed by atoms with Crippen molar-refractivity contribution < 1.29 is 22.3 Å². The van der Waals surface area contributed by atoms with E-state index in [1.165, 1.54) is 30.6 Å². The van der Waals surface area contributed by atoms with Crippen molar-refractivity contribution >= 4 is 27.3 Å². The number of thiophene rings is 1. The molecule has 1 aliphatic rings. The number of hydrogen-bond acceptors (Lipinski definition) is 5. The normalized spacial score (nSPS) is 18.4. The molecule has 1 aromatic carbocycles. The van der Waals surface area contributed by atoms with E-state index in [0.29, 0.717) is 12.0 Å². The molecule has 2 heterocycles. The first-order chi connectivity index (χ1) is 10.9. The fourth-order valence-corrected chi connectivity index (χ4v) is 5.11. The standard InChI is InChI=1S/C15H14FNO4S2/c1-21-15(18)14-12-7-9-22-13(12)6-8-17(14)23(19,20)11-4-2-10(16)3-5-11/h2-5,7,9,14H,6,8H2,1H3. The number of esters is 1. The van der Waals surface area contributed by atoms with E-state index in [-0.39, 0.29) is 11.4 Å². The second kappa shape index (κ2) is 6.03. The molecule has 0 radical (unpaired) electrons. The summed E-state index contributed by atoms with van der Waals surface area (Å²) in [6, 6.07) is 5.29. The number of halogens is 1. The predicted octanol–water partition coefficient (Wildman–Crippen LogP) is 2.35. The van der Waals surface area contributed by atoms with E-state index in [0.717, 1.165) is 21.3 Å². The SMILES string of the molecule is COC(=O)C1c2ccsc2CCN1S(=O)(=O)c1ccc(F)cc1. The summed E-state index contributed by atoms with van der Waals surface area (Å²) in [5, 5.41) is 1.83. The van der Waals surface area contributed by atoms with Gasteiger partial charge < -0.3 is 4.74 Å². The van der Waals surface area contributed by atoms with Gasteiger partial charge in [0.25, 0.3) is 0 Å². The molecule has 2 aromatic rings. The van der Waals surface area contributed by atoms with Gasteiger partial charge in [-0.25, -0.2) is 17.6 Å². The van der Waals surface area contributed by atoms with Crippen LogP contribution in [0.4, 0.5) is 4.39 Å². The lowest BCUT2D eigenvalue weighted by atomic mass is 10.0. The Labute approximate surface area is 137 Å². The van der Waals surface area contributed by atoms with Gasteiger partial charge in [-0.1, -0.05) is 0 Å². The van der Waals surface area contributed by atoms with Gasteiger partial charge in [-0.3, -0.25) is 0 Å². The molecule has 0 N–H and O–H groups in total. The summed E-state index contributed by atoms with van der Waals surface area (Å²) in [7, 11) is -2.71. The van der Waals surface area contributed by atoms with E-state index < -0.39 is 27.9 Å². The number of ether oxygens (including phenoxy) is 1. The Morgan fingerprint density at radius 1 is 1.30 bits per heavy atom. The molecule has 122 valence electrons. The molecule has 0 saturated heterocycles. The highest BCUT2D eigenvalue weighted by atomic mass is 32.2. The zero-order valence-corrected chi connectivity index (χ0v) is 13.9. The number of carbonyl (C=O) groups excluding carboxylic acids is 1. The van der Waals surface area contributed by atoms with Crippen LogP contribution in [-0.2, 0) is 26.0 Å². The number of fused-ring (bicyclic) bond motifs is 1. The van der Waals surface area contributed by atoms with E-state index >= 15 is 0 Å². The Balaban J connectivity index is 2.07. The zero-order valence-electron chi connectivity index (χ0n) is 12.2. The average Bonchev–Trinajstić information content (AvgIpc) is 3.02. The van der Waals surface area contributed by atoms with Gasteiger partial charge in [0.15, 0.2) is 0 Å². The number of carbonyl (C=O) groups is 1. The number of methoxy groups -OCH3 is 1. The summed E-state index contributed by atoms with van der Waals surface area (Å²) in [5.41, 5.74) is 0.652. The molecule has 0 aliphatic carbocycles. The van der Waals surface area contributed by atoms with Crippen LogP contribution >= 0.6 is 11.3 Å². The molecule has 0 fully saturated rings. The summed E-state index contributed by atoms with van der Waals surface area (Å²) in [5.74, 6) is -1.15. The van der Waals surface area contributed by atoms with Crippen LogP contribution in [0, 0.1) is 5.82 Å². The molecular weight excluding hydrogens is 341 g/mol. The molecular formula is C15H14FNO4S2. The molecule has 0 bridgehead atoms. The lowest BCUT2D eigenvalue weighted by Gasteiger charge is -2.32. The number of sulfonamides is 1. The predicted molar refractivity (Wildman–Crippen MR) is 83.1 cm³/mol. The Bertz CT molecular complexity index is 829. The van der Waals surface area contributed by atoms with Crippen molar-refractivity contribution in [1.29, 1.82) is 0 Å². The summed E-state index contributed by atoms with van der Waals surface area (Å²) < 4.78 is 44.7. The molecule has 23 heavy (non-hydrogen) atoms. The fourth-order valence-electron chi connectivity index (χ4n) is 2.65. The van der Waals surface area contributed by atoms with Crippen molar-refractivity contribution in [2.75, 3.05) is 13.7 Å². The van der Waals surface area contributed by atoms with Crippen molar-refractivity contribution in [2.45, 2.75) is 17.4 Å². The van der Waals surface area contributed by atoms with Crippen LogP contribution < -0.4 is 0 Å². The van der Waals surface area contributed by atoms with Crippen LogP contribution in [0.1, 0.15) is 16.5 Å². The maximum absolute atomic E-state index is 13.1. The lowest BCUT2D eigenvalue weighted by Crippen LogP contribution is -2.43. The molecule has 0 spiro atoms. The van der Waals surface area contributed by atoms with Crippen molar-refractivity contribution in [3.63, 3.8) is 0 Å². The Morgan fingerprint density at radius 3 is 2.65 bits per heavy atom. The van der Waals surface area contributed by atoms with Crippen LogP contribution in [0.2, 0.25) is 0 Å². The topological polar surface area (TPSA) is 63.7 Å². The van der Waals surface area contributed by atoms with Crippen molar-refractivity contribution in [2.24, 2.45) is 0 Å². The Morgan fingerprint density at radius 2 is 2.00 bits per heavy atom. The summed E-state index contributed by atoms with van der Waals surface area (Å²) >= 11 is 1.49. The van der Waals surface area contributed by atoms with Gasteiger partial charge in [0.1, 0.15) is 11.9 Å². The smallest absolute Gasteiger partial charge is 0.328 e. The van der Waals surface area contributed by atoms with Crippen LogP contribution in [0.5, 0.6) is 0 Å². The highest BCUT2D eigenvalue weighted by molar-refractivity contribution is 7.89. The molecule has 0 saturated carbocycles. The van der Waals surface area contributed by atoms with Gasteiger partial charge >= 0.3 is 5.97 Å². The maximum atomic E-state index is 13.1. The number of benzene rings is 1. The minimum atomic E-state index is -3.93. The van der Waals surface area contributed by atoms with Crippen LogP contribution in [0.25, 0.3) is 0 Å². The molecule has 1 atom stereocenters. The van der Waals surface area contributed by atoms with Crippen LogP contribution in [0.15, 0.2) is 40.6 Å². The molecule has 0 amide bonds. The third-order valence-corrected chi connectivity index (χ3v) is 6.64. The summed E-state index contributed by atoms with van der Waals surface area (Å²) in [4.78, 5) is 13.1. The van der Waals surface area contributed by atoms with E-state index in [9.17, 15) is 17.6 Å². The second-order valence-corrected chi connectivity index (χ2v) is 7.94. The first-order valence-electron chi connectivity index (χ1n) is 6.86. The number of nitrogens with zero attached hydrogens (tertiary/aromatic N) is 1. The van der Waals surface area contributed by atoms with Gasteiger partial charge in [0.2, 0.25) is 10.0 Å². The van der Waals surface area contributed by atoms with Gasteiger partial charge in [0, 0.05) is 11.4 Å². The third kappa shape index (κ3) is 2.77. The van der Waals surface area contributed by atoms with E-state index in [2.05, 4.69) is 0 Å². The third-order valence-electron chi connectivity index (χ3n) is 3.77. The van der Waals surface area contributed by atoms with Gasteiger partial charge in [-0.05, 0) is 47.7 Å². The number of hydrogen-bond donors (Lipinski definition) is 0. The second-order valence-electron chi connectivity index (χ2n) is 5.04. The lowest BCUT2D eigenvalue weighted by molar-refractivity contribution is -0.145. The highest BCUT2D eigenvalue weighted by Gasteiger charge is 2.41. The van der Waals surface area contributed by atoms with Gasteiger partial charge in [-0.15, -0.1) is 11.3 Å². The maximum Gasteiger partial charge on any atom is 0.328 e. The molecule has 3 rings (SSSR count). The monoisotopic (exact) mass is 355 g/mol. The molecule has 8 heteroatoms. The molecule has 1 aromatic heterocycles. The summed E-state index contributed by atoms with van der Waals surface area (Å²) in [6.45, 7) is 0.174. The Kier molecular flexibility index (Phi) is 4.22. The van der Waals surface area contributed by atoms with Gasteiger partial charge in [0.05, 0.1) is 12.0 Å². The minimum Gasteiger partial charge on any atom is -0.468 e. The molecule has 5 nitrogen and oxygen atoms in total. The molecule has 1 unspecified atom stereocenters. The first kappa shape index (κ1) is 16.1. The van der Waals surface area contributed by atoms with E-state index in [4.69, 9.17) is 4.74 Å². The minimum absolute atomic E-state index is 0.0496. The van der Waals surface area contributed by atoms with E-state index in [1.54, 1.807) is 6.07 Å². The van der Waals surface area contributed by atoms with Crippen molar-refractivity contribution in [3.05, 3.63) is 52.0 Å². The molecule has 1 aliphatic heterocycles. The highest BCUT2D eigenvalue weighted by Crippen LogP contribution is 2.37. The average molecular weight is 355 g/mol. The van der Waals surface area contributed by atoms with Crippen LogP contribution in [0.3, 0.4) is 0 Å². The van der Waals surface area contributed by atoms with Crippen molar-refractivity contribution in [3.8, 4) is 0 Å². The number of rotatable bonds is 3. The summed E-state index contributed by atoms with van der Waals surface area (Å²) in [6.07, 6.45) is 0.529. The quantitative estimate of drug-likeness (QED) is 0.793. The largest absolute Gasteiger partial charge is 0.468 e.